The maximum absolute atomic E-state index is 13.0. The van der Waals surface area contributed by atoms with Crippen molar-refractivity contribution in [3.63, 3.8) is 0 Å². The van der Waals surface area contributed by atoms with Gasteiger partial charge in [0.05, 0.1) is 5.69 Å². The first-order chi connectivity index (χ1) is 18.5. The minimum absolute atomic E-state index is 0.127. The molecule has 0 saturated carbocycles. The van der Waals surface area contributed by atoms with E-state index in [-0.39, 0.29) is 12.3 Å². The highest BCUT2D eigenvalue weighted by Crippen LogP contribution is 2.33. The molecule has 0 spiro atoms. The van der Waals surface area contributed by atoms with E-state index >= 15 is 0 Å². The molecule has 0 aliphatic carbocycles. The van der Waals surface area contributed by atoms with Gasteiger partial charge in [0.1, 0.15) is 23.4 Å². The number of phenols is 1. The Balaban J connectivity index is 1.18. The number of benzene rings is 2. The number of hydrogen-bond acceptors (Lipinski definition) is 8. The molecule has 1 saturated heterocycles. The van der Waals surface area contributed by atoms with E-state index in [2.05, 4.69) is 20.3 Å². The minimum Gasteiger partial charge on any atom is -0.508 e. The zero-order chi connectivity index (χ0) is 26.1. The summed E-state index contributed by atoms with van der Waals surface area (Å²) in [5.41, 5.74) is 3.55. The van der Waals surface area contributed by atoms with Crippen molar-refractivity contribution in [2.45, 2.75) is 6.54 Å². The van der Waals surface area contributed by atoms with Gasteiger partial charge in [-0.2, -0.15) is 22.0 Å². The first-order valence-electron chi connectivity index (χ1n) is 12.1. The van der Waals surface area contributed by atoms with Crippen molar-refractivity contribution >= 4 is 22.0 Å². The molecule has 6 rings (SSSR count). The monoisotopic (exact) mass is 531 g/mol. The summed E-state index contributed by atoms with van der Waals surface area (Å²) < 4.78 is 36.2. The highest BCUT2D eigenvalue weighted by atomic mass is 32.2. The smallest absolute Gasteiger partial charge is 0.306 e. The van der Waals surface area contributed by atoms with Gasteiger partial charge in [-0.05, 0) is 23.8 Å². The van der Waals surface area contributed by atoms with Gasteiger partial charge in [-0.1, -0.05) is 42.5 Å². The fourth-order valence-corrected chi connectivity index (χ4v) is 6.13. The third-order valence-electron chi connectivity index (χ3n) is 6.38. The third-order valence-corrected chi connectivity index (χ3v) is 8.36. The summed E-state index contributed by atoms with van der Waals surface area (Å²) in [7, 11) is -3.54. The summed E-state index contributed by atoms with van der Waals surface area (Å²) in [5.74, 6) is 0.883. The number of oxazole rings is 1. The van der Waals surface area contributed by atoms with Crippen molar-refractivity contribution in [3.05, 3.63) is 84.9 Å². The number of nitrogens with zero attached hydrogens (tertiary/aromatic N) is 6. The molecule has 3 aromatic heterocycles. The van der Waals surface area contributed by atoms with Crippen LogP contribution in [0.25, 0.3) is 28.5 Å². The minimum atomic E-state index is -3.54. The van der Waals surface area contributed by atoms with Gasteiger partial charge in [0.2, 0.25) is 5.95 Å². The van der Waals surface area contributed by atoms with Gasteiger partial charge in [0.15, 0.2) is 0 Å². The predicted molar refractivity (Wildman–Crippen MR) is 141 cm³/mol. The van der Waals surface area contributed by atoms with E-state index < -0.39 is 10.2 Å². The standard InChI is InChI=1S/C26H25N7O4S/c34-21-8-4-7-20(17-21)23-24(33-15-16-37-26(33)30-23)22-9-10-27-25(29-22)28-11-12-31-13-14-32(38(31,35)36)18-19-5-2-1-3-6-19/h1-10,15-17,34H,11-14,18H2,(H,27,28,29). The van der Waals surface area contributed by atoms with E-state index in [1.165, 1.54) is 14.9 Å². The van der Waals surface area contributed by atoms with Crippen molar-refractivity contribution in [1.82, 2.24) is 28.0 Å². The number of fused-ring (bicyclic) bond motifs is 1. The molecule has 0 radical (unpaired) electrons. The molecule has 0 atom stereocenters. The normalized spacial score (nSPS) is 15.8. The topological polar surface area (TPSA) is 129 Å². The summed E-state index contributed by atoms with van der Waals surface area (Å²) in [4.78, 5) is 13.6. The van der Waals surface area contributed by atoms with Crippen LogP contribution in [0.5, 0.6) is 5.75 Å². The van der Waals surface area contributed by atoms with E-state index in [1.54, 1.807) is 41.1 Å². The van der Waals surface area contributed by atoms with E-state index in [9.17, 15) is 13.5 Å². The molecule has 0 bridgehead atoms. The number of aromatic hydroxyl groups is 1. The molecular formula is C26H25N7O4S. The van der Waals surface area contributed by atoms with Crippen LogP contribution in [0.1, 0.15) is 5.56 Å². The van der Waals surface area contributed by atoms with Crippen LogP contribution >= 0.6 is 0 Å². The number of anilines is 1. The molecule has 4 heterocycles. The Morgan fingerprint density at radius 2 is 1.84 bits per heavy atom. The summed E-state index contributed by atoms with van der Waals surface area (Å²) in [5, 5.41) is 13.1. The van der Waals surface area contributed by atoms with Crippen LogP contribution in [-0.2, 0) is 16.8 Å². The molecule has 12 heteroatoms. The van der Waals surface area contributed by atoms with Gasteiger partial charge < -0.3 is 14.8 Å². The predicted octanol–water partition coefficient (Wildman–Crippen LogP) is 3.23. The molecule has 38 heavy (non-hydrogen) atoms. The van der Waals surface area contributed by atoms with Crippen LogP contribution in [0, 0.1) is 0 Å². The fourth-order valence-electron chi connectivity index (χ4n) is 4.55. The Labute approximate surface area is 219 Å². The van der Waals surface area contributed by atoms with Gasteiger partial charge in [-0.3, -0.25) is 4.40 Å². The first-order valence-corrected chi connectivity index (χ1v) is 13.5. The lowest BCUT2D eigenvalue weighted by Gasteiger charge is -2.19. The van der Waals surface area contributed by atoms with E-state index in [1.807, 2.05) is 36.4 Å². The van der Waals surface area contributed by atoms with Gasteiger partial charge in [0.25, 0.3) is 10.2 Å². The Hall–Kier alpha value is -4.26. The Bertz CT molecular complexity index is 1680. The zero-order valence-electron chi connectivity index (χ0n) is 20.3. The molecule has 0 unspecified atom stereocenters. The van der Waals surface area contributed by atoms with Crippen LogP contribution in [0.3, 0.4) is 0 Å². The van der Waals surface area contributed by atoms with E-state index in [0.717, 1.165) is 5.56 Å². The number of nitrogens with one attached hydrogen (secondary N) is 1. The quantitative estimate of drug-likeness (QED) is 0.312. The number of imidazole rings is 1. The summed E-state index contributed by atoms with van der Waals surface area (Å²) in [6.07, 6.45) is 4.92. The molecule has 0 amide bonds. The molecule has 1 aliphatic rings. The zero-order valence-corrected chi connectivity index (χ0v) is 21.1. The summed E-state index contributed by atoms with van der Waals surface area (Å²) in [6.45, 7) is 1.86. The second-order valence-corrected chi connectivity index (χ2v) is 10.8. The highest BCUT2D eigenvalue weighted by Gasteiger charge is 2.36. The lowest BCUT2D eigenvalue weighted by Crippen LogP contribution is -2.35. The number of phenolic OH excluding ortho intramolecular Hbond substituents is 1. The SMILES string of the molecule is O=S1(=O)N(CCNc2nccc(-c3c(-c4cccc(O)c4)nc4occn34)n2)CCN1Cc1ccccc1. The van der Waals surface area contributed by atoms with Crippen molar-refractivity contribution in [2.24, 2.45) is 0 Å². The largest absolute Gasteiger partial charge is 0.508 e. The summed E-state index contributed by atoms with van der Waals surface area (Å²) in [6, 6.07) is 18.2. The average molecular weight is 532 g/mol. The molecule has 1 aliphatic heterocycles. The Morgan fingerprint density at radius 3 is 2.68 bits per heavy atom. The average Bonchev–Trinajstić information content (AvgIpc) is 3.59. The highest BCUT2D eigenvalue weighted by molar-refractivity contribution is 7.87. The van der Waals surface area contributed by atoms with Crippen LogP contribution in [0.15, 0.2) is 83.7 Å². The van der Waals surface area contributed by atoms with Gasteiger partial charge in [-0.25, -0.2) is 9.97 Å². The van der Waals surface area contributed by atoms with Crippen LogP contribution in [0.4, 0.5) is 5.95 Å². The van der Waals surface area contributed by atoms with Gasteiger partial charge >= 0.3 is 5.84 Å². The molecule has 194 valence electrons. The molecule has 11 nitrogen and oxygen atoms in total. The molecule has 2 N–H and O–H groups in total. The lowest BCUT2D eigenvalue weighted by molar-refractivity contribution is 0.442. The third kappa shape index (κ3) is 4.60. The van der Waals surface area contributed by atoms with Crippen molar-refractivity contribution in [2.75, 3.05) is 31.5 Å². The maximum atomic E-state index is 13.0. The molecule has 2 aromatic carbocycles. The van der Waals surface area contributed by atoms with Crippen LogP contribution in [0.2, 0.25) is 0 Å². The molecule has 5 aromatic rings. The molecular weight excluding hydrogens is 506 g/mol. The van der Waals surface area contributed by atoms with Crippen LogP contribution < -0.4 is 5.32 Å². The maximum Gasteiger partial charge on any atom is 0.306 e. The number of aromatic nitrogens is 4. The second-order valence-electron chi connectivity index (χ2n) is 8.83. The van der Waals surface area contributed by atoms with E-state index in [4.69, 9.17) is 4.42 Å². The van der Waals surface area contributed by atoms with Crippen LogP contribution in [-0.4, -0.2) is 67.7 Å². The van der Waals surface area contributed by atoms with Crippen molar-refractivity contribution < 1.29 is 17.9 Å². The number of hydrogen-bond donors (Lipinski definition) is 2. The Kier molecular flexibility index (Phi) is 6.27. The fraction of sp³-hybridized carbons (Fsp3) is 0.192. The van der Waals surface area contributed by atoms with Gasteiger partial charge in [-0.15, -0.1) is 0 Å². The van der Waals surface area contributed by atoms with E-state index in [0.29, 0.717) is 60.6 Å². The number of rotatable bonds is 8. The van der Waals surface area contributed by atoms with Crippen molar-refractivity contribution in [1.29, 1.82) is 0 Å². The van der Waals surface area contributed by atoms with Gasteiger partial charge in [0, 0.05) is 50.7 Å². The Morgan fingerprint density at radius 1 is 1.00 bits per heavy atom. The van der Waals surface area contributed by atoms with Crippen molar-refractivity contribution in [3.8, 4) is 28.4 Å². The first kappa shape index (κ1) is 24.1. The summed E-state index contributed by atoms with van der Waals surface area (Å²) >= 11 is 0. The lowest BCUT2D eigenvalue weighted by atomic mass is 10.1. The molecule has 1 fully saturated rings. The second kappa shape index (κ2) is 9.89.